The molecule has 0 bridgehead atoms. The van der Waals surface area contributed by atoms with E-state index >= 15 is 0 Å². The van der Waals surface area contributed by atoms with E-state index in [1.807, 2.05) is 0 Å². The topological polar surface area (TPSA) is 94.5 Å². The molecule has 3 nitrogen and oxygen atoms in total. The maximum absolute atomic E-state index is 4.95. The van der Waals surface area contributed by atoms with Crippen LogP contribution in [-0.2, 0) is 38.9 Å². The molecule has 15 heteroatoms. The number of hydrogen-bond donors (Lipinski definition) is 0. The Labute approximate surface area is 140 Å². The molecule has 0 radical (unpaired) electrons. The van der Waals surface area contributed by atoms with Crippen molar-refractivity contribution in [3.8, 4) is 0 Å². The molecule has 15 heavy (non-hydrogen) atoms. The first-order chi connectivity index (χ1) is 5.20. The van der Waals surface area contributed by atoms with Crippen molar-refractivity contribution in [3.63, 3.8) is 0 Å². The van der Waals surface area contributed by atoms with Gasteiger partial charge in [0, 0.05) is 0 Å². The zero-order chi connectivity index (χ0) is 10.7. The van der Waals surface area contributed by atoms with Gasteiger partial charge in [0.25, 0.3) is 0 Å². The molecular formula is H6Cl9O3Ru3. The van der Waals surface area contributed by atoms with Crippen LogP contribution in [0.5, 0.6) is 0 Å². The molecule has 0 aromatic carbocycles. The van der Waals surface area contributed by atoms with Crippen LogP contribution in [0.3, 0.4) is 0 Å². The Bertz CT molecular complexity index is 49.1. The summed E-state index contributed by atoms with van der Waals surface area (Å²) in [5.74, 6) is 0. The summed E-state index contributed by atoms with van der Waals surface area (Å²) < 4.78 is 0. The first-order valence-electron chi connectivity index (χ1n) is 1.20. The van der Waals surface area contributed by atoms with Gasteiger partial charge in [0.1, 0.15) is 0 Å². The van der Waals surface area contributed by atoms with Crippen LogP contribution >= 0.6 is 87.2 Å². The molecule has 0 atom stereocenters. The van der Waals surface area contributed by atoms with Gasteiger partial charge in [0.2, 0.25) is 0 Å². The predicted molar refractivity (Wildman–Crippen MR) is 63.5 cm³/mol. The molecule has 0 spiro atoms. The molecule has 0 aliphatic rings. The number of halogens is 9. The first-order valence-corrected chi connectivity index (χ1v) is 21.3. The Hall–Kier alpha value is 4.36. The normalized spacial score (nSPS) is 9.00. The number of hydrogen-bond acceptors (Lipinski definition) is 0. The van der Waals surface area contributed by atoms with Crippen molar-refractivity contribution in [1.82, 2.24) is 0 Å². The molecule has 0 aromatic heterocycles. The van der Waals surface area contributed by atoms with Crippen molar-refractivity contribution in [2.24, 2.45) is 0 Å². The molecule has 0 saturated carbocycles. The van der Waals surface area contributed by atoms with Gasteiger partial charge >= 0.3 is 126 Å². The van der Waals surface area contributed by atoms with Crippen molar-refractivity contribution in [2.75, 3.05) is 0 Å². The minimum absolute atomic E-state index is 0. The summed E-state index contributed by atoms with van der Waals surface area (Å²) in [5.41, 5.74) is 0. The van der Waals surface area contributed by atoms with Gasteiger partial charge in [0.15, 0.2) is 0 Å². The van der Waals surface area contributed by atoms with E-state index in [2.05, 4.69) is 0 Å². The molecule has 0 aliphatic carbocycles. The van der Waals surface area contributed by atoms with Gasteiger partial charge in [-0.2, -0.15) is 0 Å². The third kappa shape index (κ3) is 258. The molecule has 0 saturated heterocycles. The zero-order valence-corrected chi connectivity index (χ0v) is 18.0. The van der Waals surface area contributed by atoms with Crippen LogP contribution in [0.15, 0.2) is 0 Å². The van der Waals surface area contributed by atoms with Crippen LogP contribution in [0, 0.1) is 0 Å². The summed E-state index contributed by atoms with van der Waals surface area (Å²) in [6, 6.07) is 0. The Balaban J connectivity index is -0.0000000184. The molecule has 6 N–H and O–H groups in total. The van der Waals surface area contributed by atoms with Crippen LogP contribution in [0.4, 0.5) is 0 Å². The fraction of sp³-hybridized carbons (Fsp3) is 0. The van der Waals surface area contributed by atoms with E-state index in [9.17, 15) is 0 Å². The fourth-order valence-electron chi connectivity index (χ4n) is 0. The molecule has 0 heterocycles. The first kappa shape index (κ1) is 36.6. The van der Waals surface area contributed by atoms with E-state index in [-0.39, 0.29) is 16.4 Å². The average molecular weight is 676 g/mol. The molecule has 0 unspecified atom stereocenters. The van der Waals surface area contributed by atoms with E-state index in [4.69, 9.17) is 87.2 Å². The quantitative estimate of drug-likeness (QED) is 0.350. The Morgan fingerprint density at radius 1 is 0.333 bits per heavy atom. The minimum atomic E-state index is -1.75. The molecule has 0 amide bonds. The summed E-state index contributed by atoms with van der Waals surface area (Å²) in [7, 11) is 44.5. The van der Waals surface area contributed by atoms with E-state index in [0.717, 1.165) is 0 Å². The van der Waals surface area contributed by atoms with E-state index < -0.39 is 38.9 Å². The molecule has 0 fully saturated rings. The van der Waals surface area contributed by atoms with Crippen LogP contribution < -0.4 is 0 Å². The van der Waals surface area contributed by atoms with Crippen LogP contribution in [0.1, 0.15) is 0 Å². The zero-order valence-electron chi connectivity index (χ0n) is 5.96. The van der Waals surface area contributed by atoms with Crippen LogP contribution in [0.25, 0.3) is 0 Å². The maximum atomic E-state index is 4.95. The summed E-state index contributed by atoms with van der Waals surface area (Å²) in [5, 5.41) is 0. The van der Waals surface area contributed by atoms with Crippen molar-refractivity contribution >= 4 is 87.2 Å². The van der Waals surface area contributed by atoms with Crippen molar-refractivity contribution < 1.29 is 55.4 Å². The van der Waals surface area contributed by atoms with E-state index in [0.29, 0.717) is 0 Å². The second kappa shape index (κ2) is 31.0. The van der Waals surface area contributed by atoms with Crippen LogP contribution in [0.2, 0.25) is 0 Å². The van der Waals surface area contributed by atoms with Gasteiger partial charge in [-0.25, -0.2) is 0 Å². The molecule has 111 valence electrons. The SMILES string of the molecule is O.O.O.[Cl][Ru]([Cl])[Cl].[Cl][Ru]([Cl])[Cl].[Cl][Ru]([Cl])[Cl]. The second-order valence-electron chi connectivity index (χ2n) is 0.455. The molecule has 0 aliphatic heterocycles. The van der Waals surface area contributed by atoms with Gasteiger partial charge in [-0.3, -0.25) is 0 Å². The van der Waals surface area contributed by atoms with Crippen molar-refractivity contribution in [1.29, 1.82) is 0 Å². The Morgan fingerprint density at radius 3 is 0.333 bits per heavy atom. The fourth-order valence-corrected chi connectivity index (χ4v) is 0. The molecular weight excluding hydrogens is 670 g/mol. The van der Waals surface area contributed by atoms with Crippen molar-refractivity contribution in [3.05, 3.63) is 0 Å². The Morgan fingerprint density at radius 2 is 0.333 bits per heavy atom. The summed E-state index contributed by atoms with van der Waals surface area (Å²) in [6.45, 7) is 0. The molecule has 0 aromatic rings. The van der Waals surface area contributed by atoms with Gasteiger partial charge in [-0.15, -0.1) is 0 Å². The third-order valence-corrected chi connectivity index (χ3v) is 0. The summed E-state index contributed by atoms with van der Waals surface area (Å²) >= 11 is -5.26. The van der Waals surface area contributed by atoms with E-state index in [1.54, 1.807) is 0 Å². The standard InChI is InChI=1S/9ClH.3H2O.3Ru/h9*1H;3*1H2;;;/q;;;;;;;;;;;;3*+3/p-9. The summed E-state index contributed by atoms with van der Waals surface area (Å²) in [4.78, 5) is 0. The monoisotopic (exact) mass is 674 g/mol. The summed E-state index contributed by atoms with van der Waals surface area (Å²) in [6.07, 6.45) is 0. The van der Waals surface area contributed by atoms with Gasteiger partial charge in [0.05, 0.1) is 0 Å². The van der Waals surface area contributed by atoms with Gasteiger partial charge in [-0.1, -0.05) is 0 Å². The Kier molecular flexibility index (Phi) is 75.6. The van der Waals surface area contributed by atoms with Crippen molar-refractivity contribution in [2.45, 2.75) is 0 Å². The number of rotatable bonds is 0. The second-order valence-corrected chi connectivity index (χ2v) is 24.2. The van der Waals surface area contributed by atoms with E-state index in [1.165, 1.54) is 0 Å². The molecule has 0 rings (SSSR count). The predicted octanol–water partition coefficient (Wildman–Crippen LogP) is 3.72. The average Bonchev–Trinajstić information content (AvgIpc) is 1.54. The van der Waals surface area contributed by atoms with Gasteiger partial charge in [-0.05, 0) is 0 Å². The van der Waals surface area contributed by atoms with Gasteiger partial charge < -0.3 is 16.4 Å². The van der Waals surface area contributed by atoms with Crippen LogP contribution in [-0.4, -0.2) is 16.4 Å². The third-order valence-electron chi connectivity index (χ3n) is 0.